The van der Waals surface area contributed by atoms with E-state index < -0.39 is 12.2 Å². The van der Waals surface area contributed by atoms with E-state index in [9.17, 15) is 10.2 Å². The van der Waals surface area contributed by atoms with Gasteiger partial charge in [0.25, 0.3) is 0 Å². The largest absolute Gasteiger partial charge is 0.388 e. The molecule has 0 aliphatic carbocycles. The summed E-state index contributed by atoms with van der Waals surface area (Å²) in [6.45, 7) is 8.55. The lowest BCUT2D eigenvalue weighted by Gasteiger charge is -2.13. The van der Waals surface area contributed by atoms with E-state index in [1.54, 1.807) is 0 Å². The van der Waals surface area contributed by atoms with E-state index in [1.807, 2.05) is 0 Å². The van der Waals surface area contributed by atoms with Gasteiger partial charge in [-0.2, -0.15) is 0 Å². The number of rotatable bonds is 47. The van der Waals surface area contributed by atoms with Gasteiger partial charge in [-0.1, -0.05) is 206 Å². The second kappa shape index (κ2) is 46.9. The molecule has 0 aromatic heterocycles. The summed E-state index contributed by atoms with van der Waals surface area (Å²) in [7, 11) is 0. The molecule has 0 radical (unpaired) electrons. The van der Waals surface area contributed by atoms with E-state index in [1.165, 1.54) is 193 Å². The Balaban J connectivity index is 3.22. The van der Waals surface area contributed by atoms with Gasteiger partial charge in [-0.3, -0.25) is 0 Å². The summed E-state index contributed by atoms with van der Waals surface area (Å²) in [6.07, 6.45) is 44.4. The van der Waals surface area contributed by atoms with Gasteiger partial charge in [-0.25, -0.2) is 0 Å². The minimum atomic E-state index is -0.563. The lowest BCUT2D eigenvalue weighted by atomic mass is 10.0. The molecular formula is C46H94O6. The molecule has 0 aliphatic rings. The number of hydrogen-bond acceptors (Lipinski definition) is 6. The van der Waals surface area contributed by atoms with E-state index in [-0.39, 0.29) is 0 Å². The van der Waals surface area contributed by atoms with Crippen molar-refractivity contribution >= 4 is 0 Å². The molecule has 0 fully saturated rings. The van der Waals surface area contributed by atoms with Crippen LogP contribution >= 0.6 is 0 Å². The summed E-state index contributed by atoms with van der Waals surface area (Å²) in [4.78, 5) is 0. The Morgan fingerprint density at radius 2 is 0.404 bits per heavy atom. The fourth-order valence-electron chi connectivity index (χ4n) is 6.89. The van der Waals surface area contributed by atoms with Crippen LogP contribution in [-0.2, 0) is 18.9 Å². The maximum absolute atomic E-state index is 10.1. The van der Waals surface area contributed by atoms with Crippen LogP contribution in [0.1, 0.15) is 232 Å². The van der Waals surface area contributed by atoms with Crippen LogP contribution in [0.4, 0.5) is 0 Å². The van der Waals surface area contributed by atoms with Gasteiger partial charge in [-0.15, -0.1) is 0 Å². The van der Waals surface area contributed by atoms with Gasteiger partial charge in [0.15, 0.2) is 0 Å². The molecule has 0 heterocycles. The zero-order chi connectivity index (χ0) is 37.7. The highest BCUT2D eigenvalue weighted by atomic mass is 16.5. The first-order valence-electron chi connectivity index (χ1n) is 23.4. The fraction of sp³-hybridized carbons (Fsp3) is 1.00. The number of aliphatic hydroxyl groups excluding tert-OH is 2. The Morgan fingerprint density at radius 1 is 0.250 bits per heavy atom. The monoisotopic (exact) mass is 743 g/mol. The maximum atomic E-state index is 10.1. The first-order valence-corrected chi connectivity index (χ1v) is 23.4. The van der Waals surface area contributed by atoms with Crippen LogP contribution in [0.2, 0.25) is 0 Å². The van der Waals surface area contributed by atoms with Crippen molar-refractivity contribution in [2.24, 2.45) is 0 Å². The summed E-state index contributed by atoms with van der Waals surface area (Å²) in [5.74, 6) is 0. The topological polar surface area (TPSA) is 77.4 Å². The Kier molecular flexibility index (Phi) is 46.7. The van der Waals surface area contributed by atoms with Crippen molar-refractivity contribution in [3.63, 3.8) is 0 Å². The highest BCUT2D eigenvalue weighted by molar-refractivity contribution is 4.55. The molecule has 52 heavy (non-hydrogen) atoms. The average molecular weight is 743 g/mol. The molecule has 0 aliphatic heterocycles. The van der Waals surface area contributed by atoms with Crippen molar-refractivity contribution in [1.29, 1.82) is 0 Å². The smallest absolute Gasteiger partial charge is 0.101 e. The Morgan fingerprint density at radius 3 is 0.596 bits per heavy atom. The summed E-state index contributed by atoms with van der Waals surface area (Å²) < 4.78 is 22.5. The first kappa shape index (κ1) is 51.8. The van der Waals surface area contributed by atoms with Gasteiger partial charge in [0, 0.05) is 26.4 Å². The molecule has 0 bridgehead atoms. The van der Waals surface area contributed by atoms with Crippen LogP contribution in [0.5, 0.6) is 0 Å². The molecule has 0 saturated carbocycles. The molecule has 6 nitrogen and oxygen atoms in total. The third-order valence-corrected chi connectivity index (χ3v) is 10.4. The quantitative estimate of drug-likeness (QED) is 0.0605. The summed E-state index contributed by atoms with van der Waals surface area (Å²) in [6, 6.07) is 0. The lowest BCUT2D eigenvalue weighted by Crippen LogP contribution is -2.23. The van der Waals surface area contributed by atoms with E-state index >= 15 is 0 Å². The first-order chi connectivity index (χ1) is 25.7. The Bertz CT molecular complexity index is 568. The van der Waals surface area contributed by atoms with Gasteiger partial charge in [-0.05, 0) is 25.7 Å². The zero-order valence-electron chi connectivity index (χ0n) is 35.4. The standard InChI is InChI=1S/C46H94O6/c1-3-5-7-9-11-13-15-17-19-21-23-25-27-29-31-33-37-49-41-45(47)43-51-39-35-36-40-52-44-46(48)42-50-38-34-32-30-28-26-24-22-20-18-16-14-12-10-8-6-4-2/h45-48H,3-44H2,1-2H3. The maximum Gasteiger partial charge on any atom is 0.101 e. The Labute approximate surface area is 325 Å². The van der Waals surface area contributed by atoms with Crippen molar-refractivity contribution in [2.75, 3.05) is 52.9 Å². The third-order valence-electron chi connectivity index (χ3n) is 10.4. The molecule has 0 spiro atoms. The SMILES string of the molecule is CCCCCCCCCCCCCCCCCCOCC(O)COCCCCOCC(O)COCCCCCCCCCCCCCCCCCC. The molecule has 314 valence electrons. The van der Waals surface area contributed by atoms with E-state index in [0.717, 1.165) is 38.9 Å². The van der Waals surface area contributed by atoms with E-state index in [4.69, 9.17) is 18.9 Å². The molecule has 2 unspecified atom stereocenters. The normalized spacial score (nSPS) is 12.9. The molecular weight excluding hydrogens is 648 g/mol. The molecule has 2 atom stereocenters. The summed E-state index contributed by atoms with van der Waals surface area (Å²) >= 11 is 0. The number of hydrogen-bond donors (Lipinski definition) is 2. The number of ether oxygens (including phenoxy) is 4. The second-order valence-electron chi connectivity index (χ2n) is 15.9. The van der Waals surface area contributed by atoms with Crippen molar-refractivity contribution < 1.29 is 29.2 Å². The minimum absolute atomic E-state index is 0.315. The lowest BCUT2D eigenvalue weighted by molar-refractivity contribution is -0.0270. The average Bonchev–Trinajstić information content (AvgIpc) is 3.14. The molecule has 0 rings (SSSR count). The van der Waals surface area contributed by atoms with E-state index in [0.29, 0.717) is 39.6 Å². The number of unbranched alkanes of at least 4 members (excludes halogenated alkanes) is 31. The van der Waals surface area contributed by atoms with Crippen LogP contribution < -0.4 is 0 Å². The summed E-state index contributed by atoms with van der Waals surface area (Å²) in [5.41, 5.74) is 0. The molecule has 2 N–H and O–H groups in total. The van der Waals surface area contributed by atoms with Crippen molar-refractivity contribution in [3.8, 4) is 0 Å². The van der Waals surface area contributed by atoms with Crippen LogP contribution in [0.25, 0.3) is 0 Å². The highest BCUT2D eigenvalue weighted by Gasteiger charge is 2.06. The van der Waals surface area contributed by atoms with E-state index in [2.05, 4.69) is 13.8 Å². The van der Waals surface area contributed by atoms with Gasteiger partial charge >= 0.3 is 0 Å². The van der Waals surface area contributed by atoms with Gasteiger partial charge in [0.2, 0.25) is 0 Å². The molecule has 0 amide bonds. The zero-order valence-corrected chi connectivity index (χ0v) is 35.4. The Hall–Kier alpha value is -0.240. The molecule has 0 aromatic rings. The number of aliphatic hydroxyl groups is 2. The fourth-order valence-corrected chi connectivity index (χ4v) is 6.89. The van der Waals surface area contributed by atoms with Gasteiger partial charge < -0.3 is 29.2 Å². The molecule has 6 heteroatoms. The predicted molar refractivity (Wildman–Crippen MR) is 224 cm³/mol. The van der Waals surface area contributed by atoms with Gasteiger partial charge in [0.1, 0.15) is 12.2 Å². The predicted octanol–water partition coefficient (Wildman–Crippen LogP) is 13.1. The highest BCUT2D eigenvalue weighted by Crippen LogP contribution is 2.15. The van der Waals surface area contributed by atoms with Crippen LogP contribution in [0.3, 0.4) is 0 Å². The van der Waals surface area contributed by atoms with Crippen LogP contribution in [-0.4, -0.2) is 75.3 Å². The van der Waals surface area contributed by atoms with Gasteiger partial charge in [0.05, 0.1) is 26.4 Å². The van der Waals surface area contributed by atoms with Crippen molar-refractivity contribution in [1.82, 2.24) is 0 Å². The van der Waals surface area contributed by atoms with Crippen LogP contribution in [0, 0.1) is 0 Å². The minimum Gasteiger partial charge on any atom is -0.388 e. The van der Waals surface area contributed by atoms with Crippen molar-refractivity contribution in [3.05, 3.63) is 0 Å². The second-order valence-corrected chi connectivity index (χ2v) is 15.9. The van der Waals surface area contributed by atoms with Crippen molar-refractivity contribution in [2.45, 2.75) is 244 Å². The molecule has 0 aromatic carbocycles. The summed E-state index contributed by atoms with van der Waals surface area (Å²) in [5, 5.41) is 20.2. The molecule has 0 saturated heterocycles. The van der Waals surface area contributed by atoms with Crippen LogP contribution in [0.15, 0.2) is 0 Å². The third kappa shape index (κ3) is 45.9.